The second-order valence-corrected chi connectivity index (χ2v) is 7.63. The van der Waals surface area contributed by atoms with Gasteiger partial charge < -0.3 is 10.2 Å². The van der Waals surface area contributed by atoms with Crippen LogP contribution in [-0.4, -0.2) is 62.9 Å². The molecule has 6 nitrogen and oxygen atoms in total. The molecule has 0 aromatic carbocycles. The fraction of sp³-hybridized carbons (Fsp3) is 0.583. The van der Waals surface area contributed by atoms with Crippen LogP contribution in [0.15, 0.2) is 21.6 Å². The molecule has 0 aliphatic carbocycles. The Morgan fingerprint density at radius 2 is 2.05 bits per heavy atom. The first-order valence-electron chi connectivity index (χ1n) is 6.47. The fourth-order valence-corrected chi connectivity index (χ4v) is 4.33. The van der Waals surface area contributed by atoms with Crippen LogP contribution < -0.4 is 5.32 Å². The number of sulfonamides is 1. The van der Waals surface area contributed by atoms with Gasteiger partial charge in [0.1, 0.15) is 10.7 Å². The summed E-state index contributed by atoms with van der Waals surface area (Å²) < 4.78 is 27.8. The largest absolute Gasteiger partial charge is 0.372 e. The minimum Gasteiger partial charge on any atom is -0.372 e. The molecule has 1 saturated heterocycles. The highest BCUT2D eigenvalue weighted by Gasteiger charge is 2.29. The van der Waals surface area contributed by atoms with E-state index in [4.69, 9.17) is 0 Å². The van der Waals surface area contributed by atoms with Crippen LogP contribution in [0.4, 0.5) is 5.82 Å². The van der Waals surface area contributed by atoms with Gasteiger partial charge in [-0.1, -0.05) is 0 Å². The van der Waals surface area contributed by atoms with Gasteiger partial charge in [0.05, 0.1) is 0 Å². The monoisotopic (exact) mass is 362 g/mol. The van der Waals surface area contributed by atoms with Crippen molar-refractivity contribution in [1.29, 1.82) is 0 Å². The highest BCUT2D eigenvalue weighted by molar-refractivity contribution is 9.10. The zero-order valence-electron chi connectivity index (χ0n) is 11.6. The summed E-state index contributed by atoms with van der Waals surface area (Å²) in [7, 11) is 0.159. The van der Waals surface area contributed by atoms with Gasteiger partial charge in [0.2, 0.25) is 10.0 Å². The van der Waals surface area contributed by atoms with E-state index in [9.17, 15) is 8.42 Å². The van der Waals surface area contributed by atoms with E-state index < -0.39 is 10.0 Å². The third-order valence-corrected chi connectivity index (χ3v) is 5.70. The quantitative estimate of drug-likeness (QED) is 0.875. The molecule has 1 N–H and O–H groups in total. The summed E-state index contributed by atoms with van der Waals surface area (Å²) in [6, 6.07) is 1.60. The molecule has 112 valence electrons. The van der Waals surface area contributed by atoms with Gasteiger partial charge in [-0.15, -0.1) is 0 Å². The summed E-state index contributed by atoms with van der Waals surface area (Å²) in [5.74, 6) is 0.380. The molecule has 1 fully saturated rings. The number of anilines is 1. The molecular formula is C12H19BrN4O2S. The molecule has 1 aliphatic rings. The summed E-state index contributed by atoms with van der Waals surface area (Å²) in [5.41, 5.74) is 0. The molecule has 0 bridgehead atoms. The Morgan fingerprint density at radius 1 is 1.30 bits per heavy atom. The van der Waals surface area contributed by atoms with E-state index in [1.54, 1.807) is 23.6 Å². The average Bonchev–Trinajstić information content (AvgIpc) is 2.64. The van der Waals surface area contributed by atoms with Crippen LogP contribution in [0.5, 0.6) is 0 Å². The Morgan fingerprint density at radius 3 is 2.75 bits per heavy atom. The van der Waals surface area contributed by atoms with E-state index in [0.29, 0.717) is 23.4 Å². The molecule has 0 unspecified atom stereocenters. The molecule has 2 rings (SSSR count). The van der Waals surface area contributed by atoms with Gasteiger partial charge in [-0.3, -0.25) is 0 Å². The zero-order chi connectivity index (χ0) is 14.8. The molecule has 1 aromatic heterocycles. The van der Waals surface area contributed by atoms with Gasteiger partial charge in [-0.25, -0.2) is 13.4 Å². The molecule has 0 saturated carbocycles. The third kappa shape index (κ3) is 3.30. The predicted octanol–water partition coefficient (Wildman–Crippen LogP) is 1.21. The predicted molar refractivity (Wildman–Crippen MR) is 82.4 cm³/mol. The zero-order valence-corrected chi connectivity index (χ0v) is 14.0. The Hall–Kier alpha value is -0.700. The lowest BCUT2D eigenvalue weighted by molar-refractivity contribution is 0.347. The van der Waals surface area contributed by atoms with E-state index in [-0.39, 0.29) is 4.90 Å². The first-order valence-corrected chi connectivity index (χ1v) is 8.70. The first-order chi connectivity index (χ1) is 9.45. The van der Waals surface area contributed by atoms with Gasteiger partial charge in [0.15, 0.2) is 0 Å². The van der Waals surface area contributed by atoms with E-state index in [0.717, 1.165) is 19.5 Å². The van der Waals surface area contributed by atoms with Crippen molar-refractivity contribution in [3.05, 3.63) is 16.7 Å². The molecule has 20 heavy (non-hydrogen) atoms. The average molecular weight is 363 g/mol. The highest BCUT2D eigenvalue weighted by Crippen LogP contribution is 2.26. The number of aromatic nitrogens is 1. The molecular weight excluding hydrogens is 344 g/mol. The Balaban J connectivity index is 2.36. The lowest BCUT2D eigenvalue weighted by atomic mass is 10.4. The van der Waals surface area contributed by atoms with Crippen molar-refractivity contribution in [3.63, 3.8) is 0 Å². The van der Waals surface area contributed by atoms with E-state index >= 15 is 0 Å². The molecule has 0 atom stereocenters. The maximum atomic E-state index is 12.8. The van der Waals surface area contributed by atoms with Crippen LogP contribution >= 0.6 is 15.9 Å². The van der Waals surface area contributed by atoms with Crippen LogP contribution in [0.3, 0.4) is 0 Å². The van der Waals surface area contributed by atoms with Crippen LogP contribution in [0, 0.1) is 0 Å². The van der Waals surface area contributed by atoms with Crippen molar-refractivity contribution in [2.75, 3.05) is 45.6 Å². The molecule has 8 heteroatoms. The van der Waals surface area contributed by atoms with Crippen molar-refractivity contribution in [2.45, 2.75) is 11.3 Å². The molecule has 0 amide bonds. The number of nitrogens with zero attached hydrogens (tertiary/aromatic N) is 3. The lowest BCUT2D eigenvalue weighted by Gasteiger charge is -2.21. The van der Waals surface area contributed by atoms with E-state index in [1.165, 1.54) is 0 Å². The minimum absolute atomic E-state index is 0.221. The summed E-state index contributed by atoms with van der Waals surface area (Å²) in [6.07, 6.45) is 2.42. The van der Waals surface area contributed by atoms with Crippen LogP contribution in [0.2, 0.25) is 0 Å². The summed E-state index contributed by atoms with van der Waals surface area (Å²) >= 11 is 3.29. The maximum absolute atomic E-state index is 12.8. The normalized spacial score (nSPS) is 18.8. The molecule has 0 spiro atoms. The van der Waals surface area contributed by atoms with Gasteiger partial charge in [-0.05, 0) is 42.0 Å². The first kappa shape index (κ1) is 15.7. The smallest absolute Gasteiger partial charge is 0.246 e. The Bertz CT molecular complexity index is 579. The summed E-state index contributed by atoms with van der Waals surface area (Å²) in [5, 5.41) is 2.84. The van der Waals surface area contributed by atoms with Gasteiger partial charge in [-0.2, -0.15) is 4.31 Å². The van der Waals surface area contributed by atoms with Gasteiger partial charge >= 0.3 is 0 Å². The van der Waals surface area contributed by atoms with Crippen LogP contribution in [0.1, 0.15) is 6.42 Å². The third-order valence-electron chi connectivity index (χ3n) is 3.35. The fourth-order valence-electron chi connectivity index (χ4n) is 2.21. The van der Waals surface area contributed by atoms with Crippen molar-refractivity contribution < 1.29 is 8.42 Å². The second-order valence-electron chi connectivity index (χ2n) is 4.81. The topological polar surface area (TPSA) is 65.5 Å². The van der Waals surface area contributed by atoms with Crippen molar-refractivity contribution in [2.24, 2.45) is 0 Å². The molecule has 0 radical (unpaired) electrons. The minimum atomic E-state index is -3.52. The number of likely N-dealkylation sites (N-methyl/N-ethyl adjacent to an activating group) is 1. The van der Waals surface area contributed by atoms with E-state index in [1.807, 2.05) is 7.05 Å². The molecule has 2 heterocycles. The Labute approximate surface area is 128 Å². The summed E-state index contributed by atoms with van der Waals surface area (Å²) in [6.45, 7) is 2.72. The van der Waals surface area contributed by atoms with Crippen LogP contribution in [0.25, 0.3) is 0 Å². The number of hydrogen-bond donors (Lipinski definition) is 1. The lowest BCUT2D eigenvalue weighted by Crippen LogP contribution is -2.35. The van der Waals surface area contributed by atoms with Crippen molar-refractivity contribution in [1.82, 2.24) is 14.2 Å². The molecule has 1 aliphatic heterocycles. The van der Waals surface area contributed by atoms with E-state index in [2.05, 4.69) is 31.1 Å². The van der Waals surface area contributed by atoms with Gasteiger partial charge in [0.25, 0.3) is 0 Å². The number of pyridine rings is 1. The van der Waals surface area contributed by atoms with Gasteiger partial charge in [0, 0.05) is 37.4 Å². The van der Waals surface area contributed by atoms with Crippen molar-refractivity contribution in [3.8, 4) is 0 Å². The maximum Gasteiger partial charge on any atom is 0.246 e. The SMILES string of the molecule is CNc1ncc(Br)cc1S(=O)(=O)N1CCCN(C)CC1. The second kappa shape index (κ2) is 6.38. The standard InChI is InChI=1S/C12H19BrN4O2S/c1-14-12-11(8-10(13)9-15-12)20(18,19)17-5-3-4-16(2)6-7-17/h8-9H,3-7H2,1-2H3,(H,14,15). The molecule has 1 aromatic rings. The summed E-state index contributed by atoms with van der Waals surface area (Å²) in [4.78, 5) is 6.49. The number of halogens is 1. The Kier molecular flexibility index (Phi) is 5.00. The number of rotatable bonds is 3. The number of nitrogens with one attached hydrogen (secondary N) is 1. The van der Waals surface area contributed by atoms with Crippen LogP contribution in [-0.2, 0) is 10.0 Å². The number of hydrogen-bond acceptors (Lipinski definition) is 5. The van der Waals surface area contributed by atoms with Crippen molar-refractivity contribution >= 4 is 31.8 Å². The highest BCUT2D eigenvalue weighted by atomic mass is 79.9.